The van der Waals surface area contributed by atoms with Gasteiger partial charge >= 0.3 is 0 Å². The number of hydrogen-bond donors (Lipinski definition) is 1. The van der Waals surface area contributed by atoms with Gasteiger partial charge in [0.15, 0.2) is 0 Å². The first-order valence-electron chi connectivity index (χ1n) is 6.59. The van der Waals surface area contributed by atoms with Gasteiger partial charge in [0, 0.05) is 4.88 Å². The van der Waals surface area contributed by atoms with Crippen molar-refractivity contribution in [2.24, 2.45) is 0 Å². The van der Waals surface area contributed by atoms with Crippen LogP contribution in [0.3, 0.4) is 0 Å². The largest absolute Gasteiger partial charge is 0.340 e. The first-order valence-corrected chi connectivity index (χ1v) is 8.20. The van der Waals surface area contributed by atoms with Crippen LogP contribution in [0.5, 0.6) is 0 Å². The number of carbonyl (C=O) groups is 2. The monoisotopic (exact) mass is 358 g/mol. The predicted octanol–water partition coefficient (Wildman–Crippen LogP) is 2.92. The van der Waals surface area contributed by atoms with Gasteiger partial charge in [-0.2, -0.15) is 0 Å². The molecule has 2 amide bonds. The minimum absolute atomic E-state index is 0.0361. The maximum atomic E-state index is 12.7. The van der Waals surface area contributed by atoms with Crippen LogP contribution in [0, 0.1) is 0 Å². The Morgan fingerprint density at radius 1 is 1.30 bits per heavy atom. The molecule has 0 saturated carbocycles. The molecule has 0 bridgehead atoms. The zero-order chi connectivity index (χ0) is 15.1. The van der Waals surface area contributed by atoms with Gasteiger partial charge < -0.3 is 10.2 Å². The van der Waals surface area contributed by atoms with Crippen LogP contribution in [-0.2, 0) is 16.1 Å². The second-order valence-electron chi connectivity index (χ2n) is 5.80. The van der Waals surface area contributed by atoms with E-state index in [1.54, 1.807) is 30.1 Å². The van der Waals surface area contributed by atoms with Crippen molar-refractivity contribution in [3.63, 3.8) is 0 Å². The van der Waals surface area contributed by atoms with Gasteiger partial charge in [-0.15, -0.1) is 11.3 Å². The molecule has 0 aromatic carbocycles. The van der Waals surface area contributed by atoms with Gasteiger partial charge in [-0.05, 0) is 55.3 Å². The van der Waals surface area contributed by atoms with E-state index in [1.165, 1.54) is 0 Å². The Morgan fingerprint density at radius 3 is 2.45 bits per heavy atom. The fourth-order valence-electron chi connectivity index (χ4n) is 2.35. The number of nitrogens with one attached hydrogen (secondary N) is 1. The molecule has 1 aliphatic heterocycles. The lowest BCUT2D eigenvalue weighted by atomic mass is 9.86. The van der Waals surface area contributed by atoms with Gasteiger partial charge in [0.25, 0.3) is 0 Å². The summed E-state index contributed by atoms with van der Waals surface area (Å²) in [5.74, 6) is -0.119. The Bertz CT molecular complexity index is 555. The van der Waals surface area contributed by atoms with E-state index in [-0.39, 0.29) is 11.8 Å². The minimum Gasteiger partial charge on any atom is -0.340 e. The lowest BCUT2D eigenvalue weighted by Gasteiger charge is -2.48. The molecular weight excluding hydrogens is 340 g/mol. The highest BCUT2D eigenvalue weighted by Gasteiger charge is 2.51. The molecule has 2 heterocycles. The van der Waals surface area contributed by atoms with Gasteiger partial charge in [0.05, 0.1) is 10.3 Å². The van der Waals surface area contributed by atoms with E-state index < -0.39 is 11.1 Å². The molecule has 0 radical (unpaired) electrons. The second kappa shape index (κ2) is 5.15. The topological polar surface area (TPSA) is 49.4 Å². The molecule has 1 N–H and O–H groups in total. The molecule has 0 spiro atoms. The van der Waals surface area contributed by atoms with Crippen LogP contribution in [0.1, 0.15) is 39.0 Å². The molecule has 1 aliphatic rings. The Balaban J connectivity index is 2.38. The van der Waals surface area contributed by atoms with E-state index in [9.17, 15) is 9.59 Å². The van der Waals surface area contributed by atoms with Gasteiger partial charge in [-0.3, -0.25) is 9.59 Å². The zero-order valence-electron chi connectivity index (χ0n) is 12.1. The Kier molecular flexibility index (Phi) is 3.99. The number of piperazine rings is 1. The van der Waals surface area contributed by atoms with E-state index in [1.807, 2.05) is 26.0 Å². The smallest absolute Gasteiger partial charge is 0.248 e. The fraction of sp³-hybridized carbons (Fsp3) is 0.571. The first-order chi connectivity index (χ1) is 9.20. The molecule has 1 aromatic heterocycles. The lowest BCUT2D eigenvalue weighted by Crippen LogP contribution is -2.72. The number of halogens is 1. The van der Waals surface area contributed by atoms with Gasteiger partial charge in [0.1, 0.15) is 11.1 Å². The van der Waals surface area contributed by atoms with Crippen molar-refractivity contribution in [3.8, 4) is 0 Å². The zero-order valence-corrected chi connectivity index (χ0v) is 14.5. The Labute approximate surface area is 131 Å². The van der Waals surface area contributed by atoms with Crippen LogP contribution in [0.2, 0.25) is 0 Å². The Morgan fingerprint density at radius 2 is 1.95 bits per heavy atom. The SMILES string of the molecule is CCC1(C)C(=O)NC(C)(C)C(=O)N1Cc1ccc(Br)s1. The van der Waals surface area contributed by atoms with Crippen LogP contribution < -0.4 is 5.32 Å². The Hall–Kier alpha value is -0.880. The normalized spacial score (nSPS) is 25.8. The summed E-state index contributed by atoms with van der Waals surface area (Å²) >= 11 is 5.01. The van der Waals surface area contributed by atoms with E-state index in [0.717, 1.165) is 8.66 Å². The molecule has 1 unspecified atom stereocenters. The average Bonchev–Trinajstić information content (AvgIpc) is 2.77. The molecule has 4 nitrogen and oxygen atoms in total. The molecule has 1 aromatic rings. The van der Waals surface area contributed by atoms with Crippen LogP contribution in [0.15, 0.2) is 15.9 Å². The van der Waals surface area contributed by atoms with Crippen LogP contribution >= 0.6 is 27.3 Å². The van der Waals surface area contributed by atoms with E-state index in [2.05, 4.69) is 21.2 Å². The molecular formula is C14H19BrN2O2S. The van der Waals surface area contributed by atoms with Crippen LogP contribution in [0.25, 0.3) is 0 Å². The molecule has 20 heavy (non-hydrogen) atoms. The van der Waals surface area contributed by atoms with Crippen molar-refractivity contribution in [2.75, 3.05) is 0 Å². The molecule has 1 atom stereocenters. The first kappa shape index (κ1) is 15.5. The highest BCUT2D eigenvalue weighted by atomic mass is 79.9. The maximum Gasteiger partial charge on any atom is 0.248 e. The van der Waals surface area contributed by atoms with Crippen LogP contribution in [0.4, 0.5) is 0 Å². The summed E-state index contributed by atoms with van der Waals surface area (Å²) < 4.78 is 1.03. The van der Waals surface area contributed by atoms with Crippen LogP contribution in [-0.4, -0.2) is 27.8 Å². The van der Waals surface area contributed by atoms with Crippen molar-refractivity contribution in [1.82, 2.24) is 10.2 Å². The molecule has 1 fully saturated rings. The highest BCUT2D eigenvalue weighted by Crippen LogP contribution is 2.32. The summed E-state index contributed by atoms with van der Waals surface area (Å²) in [5, 5.41) is 2.83. The number of amides is 2. The maximum absolute atomic E-state index is 12.7. The van der Waals surface area contributed by atoms with E-state index in [4.69, 9.17) is 0 Å². The fourth-order valence-corrected chi connectivity index (χ4v) is 3.82. The van der Waals surface area contributed by atoms with E-state index in [0.29, 0.717) is 13.0 Å². The van der Waals surface area contributed by atoms with Crippen molar-refractivity contribution < 1.29 is 9.59 Å². The number of nitrogens with zero attached hydrogens (tertiary/aromatic N) is 1. The minimum atomic E-state index is -0.847. The summed E-state index contributed by atoms with van der Waals surface area (Å²) in [6, 6.07) is 3.94. The quantitative estimate of drug-likeness (QED) is 0.902. The number of rotatable bonds is 3. The molecule has 0 aliphatic carbocycles. The van der Waals surface area contributed by atoms with Crippen molar-refractivity contribution in [2.45, 2.75) is 51.7 Å². The second-order valence-corrected chi connectivity index (χ2v) is 8.35. The number of hydrogen-bond acceptors (Lipinski definition) is 3. The third-order valence-electron chi connectivity index (χ3n) is 3.92. The predicted molar refractivity (Wildman–Crippen MR) is 83.5 cm³/mol. The number of carbonyl (C=O) groups excluding carboxylic acids is 2. The lowest BCUT2D eigenvalue weighted by molar-refractivity contribution is -0.161. The standard InChI is InChI=1S/C14H19BrN2O2S/c1-5-14(4)11(18)16-13(2,3)12(19)17(14)8-9-6-7-10(15)20-9/h6-7H,5,8H2,1-4H3,(H,16,18). The highest BCUT2D eigenvalue weighted by molar-refractivity contribution is 9.11. The molecule has 2 rings (SSSR count). The van der Waals surface area contributed by atoms with Crippen molar-refractivity contribution in [3.05, 3.63) is 20.8 Å². The van der Waals surface area contributed by atoms with E-state index >= 15 is 0 Å². The van der Waals surface area contributed by atoms with Crippen molar-refractivity contribution in [1.29, 1.82) is 0 Å². The summed E-state index contributed by atoms with van der Waals surface area (Å²) in [6.45, 7) is 7.73. The molecule has 1 saturated heterocycles. The van der Waals surface area contributed by atoms with Gasteiger partial charge in [-0.1, -0.05) is 6.92 Å². The van der Waals surface area contributed by atoms with Gasteiger partial charge in [0.2, 0.25) is 11.8 Å². The summed E-state index contributed by atoms with van der Waals surface area (Å²) in [4.78, 5) is 27.9. The third-order valence-corrected chi connectivity index (χ3v) is 5.53. The molecule has 110 valence electrons. The third kappa shape index (κ3) is 2.51. The number of thiophene rings is 1. The summed E-state index contributed by atoms with van der Waals surface area (Å²) in [7, 11) is 0. The molecule has 6 heteroatoms. The summed E-state index contributed by atoms with van der Waals surface area (Å²) in [6.07, 6.45) is 0.590. The summed E-state index contributed by atoms with van der Waals surface area (Å²) in [5.41, 5.74) is -1.64. The average molecular weight is 359 g/mol. The van der Waals surface area contributed by atoms with Crippen molar-refractivity contribution >= 4 is 39.1 Å². The van der Waals surface area contributed by atoms with Gasteiger partial charge in [-0.25, -0.2) is 0 Å².